The molecule has 2 rings (SSSR count). The Kier molecular flexibility index (Phi) is 2.92. The Labute approximate surface area is 98.7 Å². The SMILES string of the molecule is CCNc1nc(N)n(-c2cccc(C#N)c2)n1. The van der Waals surface area contributed by atoms with Crippen LogP contribution >= 0.6 is 0 Å². The van der Waals surface area contributed by atoms with Gasteiger partial charge in [-0.25, -0.2) is 0 Å². The topological polar surface area (TPSA) is 92.5 Å². The number of rotatable bonds is 3. The summed E-state index contributed by atoms with van der Waals surface area (Å²) in [5, 5.41) is 16.0. The Morgan fingerprint density at radius 3 is 3.06 bits per heavy atom. The van der Waals surface area contributed by atoms with Crippen molar-refractivity contribution in [2.24, 2.45) is 0 Å². The van der Waals surface area contributed by atoms with Gasteiger partial charge in [0.25, 0.3) is 0 Å². The smallest absolute Gasteiger partial charge is 0.244 e. The van der Waals surface area contributed by atoms with Gasteiger partial charge >= 0.3 is 0 Å². The maximum atomic E-state index is 8.83. The maximum Gasteiger partial charge on any atom is 0.244 e. The second-order valence-corrected chi connectivity index (χ2v) is 3.40. The molecule has 0 saturated carbocycles. The van der Waals surface area contributed by atoms with Gasteiger partial charge in [-0.2, -0.15) is 14.9 Å². The van der Waals surface area contributed by atoms with Gasteiger partial charge in [0.15, 0.2) is 0 Å². The molecule has 0 unspecified atom stereocenters. The third-order valence-electron chi connectivity index (χ3n) is 2.19. The summed E-state index contributed by atoms with van der Waals surface area (Å²) in [5.41, 5.74) is 7.04. The molecule has 0 aliphatic carbocycles. The number of nitriles is 1. The first-order valence-electron chi connectivity index (χ1n) is 5.21. The van der Waals surface area contributed by atoms with E-state index in [9.17, 15) is 0 Å². The minimum Gasteiger partial charge on any atom is -0.368 e. The predicted octanol–water partition coefficient (Wildman–Crippen LogP) is 1.15. The van der Waals surface area contributed by atoms with Crippen molar-refractivity contribution >= 4 is 11.9 Å². The second kappa shape index (κ2) is 4.53. The van der Waals surface area contributed by atoms with Crippen LogP contribution in [0.1, 0.15) is 12.5 Å². The van der Waals surface area contributed by atoms with Crippen LogP contribution in [0.15, 0.2) is 24.3 Å². The zero-order chi connectivity index (χ0) is 12.3. The average Bonchev–Trinajstić information content (AvgIpc) is 2.71. The molecule has 86 valence electrons. The van der Waals surface area contributed by atoms with E-state index in [2.05, 4.69) is 21.5 Å². The number of hydrogen-bond donors (Lipinski definition) is 2. The highest BCUT2D eigenvalue weighted by atomic mass is 15.4. The molecule has 6 heteroatoms. The van der Waals surface area contributed by atoms with Crippen LogP contribution in [0, 0.1) is 11.3 Å². The van der Waals surface area contributed by atoms with Crippen molar-refractivity contribution in [3.8, 4) is 11.8 Å². The number of nitrogens with two attached hydrogens (primary N) is 1. The van der Waals surface area contributed by atoms with Gasteiger partial charge < -0.3 is 11.1 Å². The number of nitrogens with zero attached hydrogens (tertiary/aromatic N) is 4. The normalized spacial score (nSPS) is 9.88. The standard InChI is InChI=1S/C11H12N6/c1-2-14-11-15-10(13)17(16-11)9-5-3-4-8(6-9)7-12/h3-6H,2H2,1H3,(H3,13,14,15,16). The molecule has 0 amide bonds. The van der Waals surface area contributed by atoms with E-state index in [4.69, 9.17) is 11.0 Å². The number of hydrogen-bond acceptors (Lipinski definition) is 5. The van der Waals surface area contributed by atoms with Gasteiger partial charge in [-0.15, -0.1) is 5.10 Å². The molecule has 0 radical (unpaired) electrons. The van der Waals surface area contributed by atoms with E-state index in [0.717, 1.165) is 12.2 Å². The van der Waals surface area contributed by atoms with Crippen molar-refractivity contribution in [2.45, 2.75) is 6.92 Å². The first kappa shape index (κ1) is 11.0. The van der Waals surface area contributed by atoms with Crippen molar-refractivity contribution in [3.63, 3.8) is 0 Å². The minimum atomic E-state index is 0.288. The highest BCUT2D eigenvalue weighted by molar-refractivity contribution is 5.46. The molecule has 0 aliphatic heterocycles. The van der Waals surface area contributed by atoms with Crippen LogP contribution in [0.2, 0.25) is 0 Å². The first-order valence-corrected chi connectivity index (χ1v) is 5.21. The lowest BCUT2D eigenvalue weighted by molar-refractivity contribution is 0.889. The van der Waals surface area contributed by atoms with Crippen LogP contribution in [0.5, 0.6) is 0 Å². The van der Waals surface area contributed by atoms with E-state index < -0.39 is 0 Å². The fraction of sp³-hybridized carbons (Fsp3) is 0.182. The first-order chi connectivity index (χ1) is 8.24. The van der Waals surface area contributed by atoms with E-state index in [0.29, 0.717) is 11.5 Å². The van der Waals surface area contributed by atoms with Crippen molar-refractivity contribution in [2.75, 3.05) is 17.6 Å². The van der Waals surface area contributed by atoms with Gasteiger partial charge in [0.1, 0.15) is 0 Å². The molecule has 2 aromatic rings. The highest BCUT2D eigenvalue weighted by Gasteiger charge is 2.08. The van der Waals surface area contributed by atoms with Gasteiger partial charge in [-0.05, 0) is 25.1 Å². The lowest BCUT2D eigenvalue weighted by Gasteiger charge is -2.01. The Bertz CT molecular complexity index is 566. The Morgan fingerprint density at radius 2 is 2.35 bits per heavy atom. The zero-order valence-electron chi connectivity index (χ0n) is 9.38. The lowest BCUT2D eigenvalue weighted by Crippen LogP contribution is -2.03. The quantitative estimate of drug-likeness (QED) is 0.822. The largest absolute Gasteiger partial charge is 0.368 e. The molecule has 0 fully saturated rings. The van der Waals surface area contributed by atoms with Crippen LogP contribution < -0.4 is 11.1 Å². The highest BCUT2D eigenvalue weighted by Crippen LogP contribution is 2.14. The van der Waals surface area contributed by atoms with Crippen LogP contribution in [-0.4, -0.2) is 21.3 Å². The van der Waals surface area contributed by atoms with Crippen LogP contribution in [0.3, 0.4) is 0 Å². The molecule has 0 spiro atoms. The second-order valence-electron chi connectivity index (χ2n) is 3.40. The van der Waals surface area contributed by atoms with Crippen molar-refractivity contribution in [1.82, 2.24) is 14.8 Å². The molecular weight excluding hydrogens is 216 g/mol. The van der Waals surface area contributed by atoms with E-state index in [-0.39, 0.29) is 5.95 Å². The molecule has 1 aromatic carbocycles. The fourth-order valence-corrected chi connectivity index (χ4v) is 1.45. The third-order valence-corrected chi connectivity index (χ3v) is 2.19. The molecule has 0 atom stereocenters. The number of nitrogens with one attached hydrogen (secondary N) is 1. The molecule has 0 aliphatic rings. The summed E-state index contributed by atoms with van der Waals surface area (Å²) >= 11 is 0. The summed E-state index contributed by atoms with van der Waals surface area (Å²) < 4.78 is 1.50. The Morgan fingerprint density at radius 1 is 1.53 bits per heavy atom. The van der Waals surface area contributed by atoms with Crippen molar-refractivity contribution in [3.05, 3.63) is 29.8 Å². The van der Waals surface area contributed by atoms with Crippen LogP contribution in [0.4, 0.5) is 11.9 Å². The van der Waals surface area contributed by atoms with E-state index >= 15 is 0 Å². The lowest BCUT2D eigenvalue weighted by atomic mass is 10.2. The summed E-state index contributed by atoms with van der Waals surface area (Å²) in [6.07, 6.45) is 0. The molecule has 1 aromatic heterocycles. The zero-order valence-corrected chi connectivity index (χ0v) is 9.38. The summed E-state index contributed by atoms with van der Waals surface area (Å²) in [4.78, 5) is 4.07. The van der Waals surface area contributed by atoms with Gasteiger partial charge in [0.05, 0.1) is 17.3 Å². The number of nitrogen functional groups attached to an aromatic ring is 1. The van der Waals surface area contributed by atoms with Crippen LogP contribution in [-0.2, 0) is 0 Å². The monoisotopic (exact) mass is 228 g/mol. The number of anilines is 2. The number of aromatic nitrogens is 3. The van der Waals surface area contributed by atoms with E-state index in [1.807, 2.05) is 13.0 Å². The van der Waals surface area contributed by atoms with Crippen LogP contribution in [0.25, 0.3) is 5.69 Å². The predicted molar refractivity (Wildman–Crippen MR) is 64.7 cm³/mol. The summed E-state index contributed by atoms with van der Waals surface area (Å²) in [7, 11) is 0. The summed E-state index contributed by atoms with van der Waals surface area (Å²) in [6.45, 7) is 2.68. The Hall–Kier alpha value is -2.55. The summed E-state index contributed by atoms with van der Waals surface area (Å²) in [5.74, 6) is 0.767. The minimum absolute atomic E-state index is 0.288. The third kappa shape index (κ3) is 2.18. The molecular formula is C11H12N6. The molecule has 3 N–H and O–H groups in total. The van der Waals surface area contributed by atoms with E-state index in [1.165, 1.54) is 4.68 Å². The molecule has 6 nitrogen and oxygen atoms in total. The van der Waals surface area contributed by atoms with E-state index in [1.54, 1.807) is 18.2 Å². The molecule has 1 heterocycles. The average molecular weight is 228 g/mol. The number of benzene rings is 1. The van der Waals surface area contributed by atoms with Gasteiger partial charge in [-0.3, -0.25) is 0 Å². The maximum absolute atomic E-state index is 8.83. The van der Waals surface area contributed by atoms with Crippen molar-refractivity contribution < 1.29 is 0 Å². The molecule has 17 heavy (non-hydrogen) atoms. The molecule has 0 saturated heterocycles. The van der Waals surface area contributed by atoms with Gasteiger partial charge in [0, 0.05) is 6.54 Å². The molecule has 0 bridgehead atoms. The fourth-order valence-electron chi connectivity index (χ4n) is 1.45. The van der Waals surface area contributed by atoms with Crippen molar-refractivity contribution in [1.29, 1.82) is 5.26 Å². The van der Waals surface area contributed by atoms with Gasteiger partial charge in [0.2, 0.25) is 11.9 Å². The summed E-state index contributed by atoms with van der Waals surface area (Å²) in [6, 6.07) is 9.10. The Balaban J connectivity index is 2.42. The van der Waals surface area contributed by atoms with Gasteiger partial charge in [-0.1, -0.05) is 6.07 Å².